The fourth-order valence-electron chi connectivity index (χ4n) is 1.60. The zero-order chi connectivity index (χ0) is 12.1. The number of hydrogen-bond acceptors (Lipinski definition) is 4. The van der Waals surface area contributed by atoms with Gasteiger partial charge in [0.1, 0.15) is 5.82 Å². The molecule has 2 aromatic rings. The van der Waals surface area contributed by atoms with Crippen LogP contribution >= 0.6 is 0 Å². The number of pyridine rings is 1. The highest BCUT2D eigenvalue weighted by molar-refractivity contribution is 5.62. The van der Waals surface area contributed by atoms with Crippen LogP contribution in [0.4, 0.5) is 17.2 Å². The molecule has 0 atom stereocenters. The molecule has 1 heterocycles. The zero-order valence-electron chi connectivity index (χ0n) is 9.68. The minimum absolute atomic E-state index is 0.503. The maximum absolute atomic E-state index is 5.62. The van der Waals surface area contributed by atoms with Crippen molar-refractivity contribution in [2.24, 2.45) is 0 Å². The summed E-state index contributed by atoms with van der Waals surface area (Å²) in [6.07, 6.45) is 1.68. The Morgan fingerprint density at radius 1 is 1.24 bits per heavy atom. The van der Waals surface area contributed by atoms with Gasteiger partial charge in [0.25, 0.3) is 0 Å². The van der Waals surface area contributed by atoms with E-state index in [0.717, 1.165) is 16.9 Å². The molecular formula is C13H15N3O. The summed E-state index contributed by atoms with van der Waals surface area (Å²) in [4.78, 5) is 3.95. The molecule has 0 saturated heterocycles. The summed E-state index contributed by atoms with van der Waals surface area (Å²) in [5.41, 5.74) is 8.67. The third-order valence-electron chi connectivity index (χ3n) is 2.31. The first-order valence-corrected chi connectivity index (χ1v) is 5.34. The van der Waals surface area contributed by atoms with Gasteiger partial charge < -0.3 is 15.8 Å². The van der Waals surface area contributed by atoms with Crippen LogP contribution in [0.1, 0.15) is 5.56 Å². The molecule has 4 heteroatoms. The number of methoxy groups -OCH3 is 1. The van der Waals surface area contributed by atoms with Gasteiger partial charge in [0.15, 0.2) is 0 Å². The summed E-state index contributed by atoms with van der Waals surface area (Å²) in [6.45, 7) is 0.605. The van der Waals surface area contributed by atoms with Crippen molar-refractivity contribution >= 4 is 17.2 Å². The molecule has 0 aliphatic carbocycles. The van der Waals surface area contributed by atoms with Gasteiger partial charge in [-0.1, -0.05) is 12.1 Å². The molecule has 1 aromatic carbocycles. The smallest absolute Gasteiger partial charge is 0.125 e. The molecule has 0 saturated carbocycles. The van der Waals surface area contributed by atoms with E-state index in [2.05, 4.69) is 10.3 Å². The zero-order valence-corrected chi connectivity index (χ0v) is 9.68. The van der Waals surface area contributed by atoms with Crippen LogP contribution in [0.5, 0.6) is 0 Å². The number of nitrogens with zero attached hydrogens (tertiary/aromatic N) is 1. The van der Waals surface area contributed by atoms with Crippen LogP contribution in [0.3, 0.4) is 0 Å². The van der Waals surface area contributed by atoms with Crippen LogP contribution in [0, 0.1) is 0 Å². The average molecular weight is 229 g/mol. The predicted molar refractivity (Wildman–Crippen MR) is 69.1 cm³/mol. The van der Waals surface area contributed by atoms with Crippen molar-refractivity contribution in [1.82, 2.24) is 4.98 Å². The Balaban J connectivity index is 2.15. The van der Waals surface area contributed by atoms with Gasteiger partial charge in [-0.05, 0) is 23.8 Å². The summed E-state index contributed by atoms with van der Waals surface area (Å²) < 4.78 is 5.09. The summed E-state index contributed by atoms with van der Waals surface area (Å²) in [5, 5.41) is 3.27. The number of nitrogen functional groups attached to an aromatic ring is 1. The molecule has 3 N–H and O–H groups in total. The molecule has 2 rings (SSSR count). The fourth-order valence-corrected chi connectivity index (χ4v) is 1.60. The first-order chi connectivity index (χ1) is 8.28. The molecule has 1 aromatic heterocycles. The molecule has 0 unspecified atom stereocenters. The molecule has 0 spiro atoms. The highest BCUT2D eigenvalue weighted by atomic mass is 16.5. The second kappa shape index (κ2) is 5.32. The Kier molecular flexibility index (Phi) is 3.57. The van der Waals surface area contributed by atoms with Crippen LogP contribution in [0.15, 0.2) is 42.6 Å². The highest BCUT2D eigenvalue weighted by Crippen LogP contribution is 2.18. The van der Waals surface area contributed by atoms with Crippen molar-refractivity contribution in [3.63, 3.8) is 0 Å². The van der Waals surface area contributed by atoms with Gasteiger partial charge in [-0.15, -0.1) is 0 Å². The molecule has 0 radical (unpaired) electrons. The number of nitrogens with two attached hydrogens (primary N) is 1. The van der Waals surface area contributed by atoms with E-state index in [-0.39, 0.29) is 0 Å². The van der Waals surface area contributed by atoms with Crippen molar-refractivity contribution in [2.45, 2.75) is 6.61 Å². The Morgan fingerprint density at radius 2 is 2.06 bits per heavy atom. The minimum atomic E-state index is 0.503. The van der Waals surface area contributed by atoms with Crippen LogP contribution in [0.2, 0.25) is 0 Å². The second-order valence-corrected chi connectivity index (χ2v) is 3.73. The normalized spacial score (nSPS) is 10.2. The van der Waals surface area contributed by atoms with Gasteiger partial charge in [-0.2, -0.15) is 0 Å². The summed E-state index contributed by atoms with van der Waals surface area (Å²) >= 11 is 0. The largest absolute Gasteiger partial charge is 0.384 e. The van der Waals surface area contributed by atoms with Crippen LogP contribution < -0.4 is 11.1 Å². The van der Waals surface area contributed by atoms with Crippen molar-refractivity contribution < 1.29 is 4.74 Å². The quantitative estimate of drug-likeness (QED) is 0.845. The number of hydrogen-bond donors (Lipinski definition) is 2. The maximum Gasteiger partial charge on any atom is 0.125 e. The molecule has 4 nitrogen and oxygen atoms in total. The fraction of sp³-hybridized carbons (Fsp3) is 0.154. The minimum Gasteiger partial charge on any atom is -0.384 e. The van der Waals surface area contributed by atoms with Crippen molar-refractivity contribution in [1.29, 1.82) is 0 Å². The predicted octanol–water partition coefficient (Wildman–Crippen LogP) is 2.55. The van der Waals surface area contributed by atoms with Gasteiger partial charge in [0.05, 0.1) is 6.61 Å². The van der Waals surface area contributed by atoms with Crippen molar-refractivity contribution in [3.8, 4) is 0 Å². The first-order valence-electron chi connectivity index (χ1n) is 5.34. The number of anilines is 3. The summed E-state index contributed by atoms with van der Waals surface area (Å²) in [6, 6.07) is 11.7. The lowest BCUT2D eigenvalue weighted by Gasteiger charge is -2.08. The monoisotopic (exact) mass is 229 g/mol. The molecule has 0 amide bonds. The molecule has 0 aliphatic rings. The lowest BCUT2D eigenvalue weighted by molar-refractivity contribution is 0.185. The van der Waals surface area contributed by atoms with Crippen molar-refractivity contribution in [2.75, 3.05) is 18.2 Å². The number of ether oxygens (including phenoxy) is 1. The number of benzene rings is 1. The van der Waals surface area contributed by atoms with E-state index < -0.39 is 0 Å². The van der Waals surface area contributed by atoms with Crippen LogP contribution in [0.25, 0.3) is 0 Å². The van der Waals surface area contributed by atoms with E-state index in [0.29, 0.717) is 12.4 Å². The topological polar surface area (TPSA) is 60.2 Å². The lowest BCUT2D eigenvalue weighted by Crippen LogP contribution is -1.95. The van der Waals surface area contributed by atoms with Gasteiger partial charge >= 0.3 is 0 Å². The van der Waals surface area contributed by atoms with E-state index in [1.165, 1.54) is 0 Å². The van der Waals surface area contributed by atoms with Crippen LogP contribution in [-0.2, 0) is 11.3 Å². The summed E-state index contributed by atoms with van der Waals surface area (Å²) in [7, 11) is 1.68. The summed E-state index contributed by atoms with van der Waals surface area (Å²) in [5.74, 6) is 0.503. The molecule has 0 fully saturated rings. The number of nitrogens with one attached hydrogen (secondary N) is 1. The Labute approximate surface area is 100 Å². The Morgan fingerprint density at radius 3 is 2.82 bits per heavy atom. The van der Waals surface area contributed by atoms with Crippen molar-refractivity contribution in [3.05, 3.63) is 48.2 Å². The SMILES string of the molecule is COCc1cccc(Nc2ccnc(N)c2)c1. The van der Waals surface area contributed by atoms with Gasteiger partial charge in [-0.25, -0.2) is 4.98 Å². The molecule has 0 bridgehead atoms. The average Bonchev–Trinajstić information content (AvgIpc) is 2.30. The third-order valence-corrected chi connectivity index (χ3v) is 2.31. The molecular weight excluding hydrogens is 214 g/mol. The van der Waals surface area contributed by atoms with E-state index >= 15 is 0 Å². The highest BCUT2D eigenvalue weighted by Gasteiger charge is 1.97. The number of aromatic nitrogens is 1. The van der Waals surface area contributed by atoms with Gasteiger partial charge in [0, 0.05) is 30.7 Å². The van der Waals surface area contributed by atoms with Gasteiger partial charge in [-0.3, -0.25) is 0 Å². The Bertz CT molecular complexity index is 500. The first kappa shape index (κ1) is 11.4. The molecule has 17 heavy (non-hydrogen) atoms. The molecule has 0 aliphatic heterocycles. The lowest BCUT2D eigenvalue weighted by atomic mass is 10.2. The maximum atomic E-state index is 5.62. The van der Waals surface area contributed by atoms with E-state index in [1.807, 2.05) is 30.3 Å². The second-order valence-electron chi connectivity index (χ2n) is 3.73. The molecule has 88 valence electrons. The van der Waals surface area contributed by atoms with Crippen LogP contribution in [-0.4, -0.2) is 12.1 Å². The van der Waals surface area contributed by atoms with Gasteiger partial charge in [0.2, 0.25) is 0 Å². The van der Waals surface area contributed by atoms with E-state index in [4.69, 9.17) is 10.5 Å². The number of rotatable bonds is 4. The third kappa shape index (κ3) is 3.19. The standard InChI is InChI=1S/C13H15N3O/c1-17-9-10-3-2-4-11(7-10)16-12-5-6-15-13(14)8-12/h2-8H,9H2,1H3,(H3,14,15,16). The Hall–Kier alpha value is -2.07. The van der Waals surface area contributed by atoms with E-state index in [9.17, 15) is 0 Å². The van der Waals surface area contributed by atoms with E-state index in [1.54, 1.807) is 19.4 Å².